The SMILES string of the molecule is CCCCCCC[CH2][Sn]([Cl])([CH2]C)[CH2]C. The summed E-state index contributed by atoms with van der Waals surface area (Å²) in [6.45, 7) is 6.86. The van der Waals surface area contributed by atoms with Crippen molar-refractivity contribution >= 4 is 26.2 Å². The van der Waals surface area contributed by atoms with E-state index in [4.69, 9.17) is 8.92 Å². The predicted octanol–water partition coefficient (Wildman–Crippen LogP) is 5.57. The fourth-order valence-electron chi connectivity index (χ4n) is 1.83. The summed E-state index contributed by atoms with van der Waals surface area (Å²) in [5.41, 5.74) is 0. The van der Waals surface area contributed by atoms with E-state index < -0.39 is 17.3 Å². The van der Waals surface area contributed by atoms with Crippen molar-refractivity contribution in [1.82, 2.24) is 0 Å². The van der Waals surface area contributed by atoms with Crippen LogP contribution in [-0.2, 0) is 0 Å². The third kappa shape index (κ3) is 7.39. The van der Waals surface area contributed by atoms with Crippen molar-refractivity contribution in [2.45, 2.75) is 72.6 Å². The van der Waals surface area contributed by atoms with Gasteiger partial charge in [0, 0.05) is 0 Å². The van der Waals surface area contributed by atoms with Gasteiger partial charge >= 0.3 is 98.8 Å². The maximum absolute atomic E-state index is 6.66. The van der Waals surface area contributed by atoms with Gasteiger partial charge in [0.15, 0.2) is 0 Å². The molecule has 0 aromatic rings. The van der Waals surface area contributed by atoms with E-state index >= 15 is 0 Å². The average Bonchev–Trinajstić information content (AvgIpc) is 2.23. The Balaban J connectivity index is 3.34. The molecule has 0 aliphatic carbocycles. The molecule has 0 aromatic heterocycles. The van der Waals surface area contributed by atoms with Gasteiger partial charge in [0.1, 0.15) is 0 Å². The predicted molar refractivity (Wildman–Crippen MR) is 70.8 cm³/mol. The molecular formula is C12H27ClSn. The van der Waals surface area contributed by atoms with Crippen LogP contribution in [0.1, 0.15) is 59.3 Å². The summed E-state index contributed by atoms with van der Waals surface area (Å²) in [4.78, 5) is 0. The van der Waals surface area contributed by atoms with Crippen molar-refractivity contribution in [3.8, 4) is 0 Å². The molecule has 0 saturated carbocycles. The fraction of sp³-hybridized carbons (Fsp3) is 1.00. The van der Waals surface area contributed by atoms with Gasteiger partial charge in [-0.15, -0.1) is 0 Å². The molecule has 0 nitrogen and oxygen atoms in total. The fourth-order valence-corrected chi connectivity index (χ4v) is 8.69. The second-order valence-electron chi connectivity index (χ2n) is 4.38. The molecule has 0 radical (unpaired) electrons. The maximum atomic E-state index is 6.66. The zero-order chi connectivity index (χ0) is 10.9. The van der Waals surface area contributed by atoms with Crippen LogP contribution in [0.4, 0.5) is 0 Å². The molecule has 14 heavy (non-hydrogen) atoms. The Morgan fingerprint density at radius 1 is 0.786 bits per heavy atom. The van der Waals surface area contributed by atoms with Gasteiger partial charge in [-0.05, 0) is 0 Å². The molecule has 0 N–H and O–H groups in total. The van der Waals surface area contributed by atoms with E-state index in [1.54, 1.807) is 0 Å². The molecule has 2 heteroatoms. The standard InChI is InChI=1S/C8H17.2C2H5.ClH.Sn/c1-3-5-7-8-6-4-2;2*1-2;;/h1,3-8H2,2H3;2*1H2,2H3;1H;/q;;;;+1/p-1. The number of unbranched alkanes of at least 4 members (excludes halogenated alkanes) is 5. The minimum absolute atomic E-state index is 1.32. The molecule has 0 amide bonds. The summed E-state index contributed by atoms with van der Waals surface area (Å²) in [6, 6.07) is 0. The van der Waals surface area contributed by atoms with E-state index in [1.807, 2.05) is 0 Å². The van der Waals surface area contributed by atoms with E-state index in [-0.39, 0.29) is 0 Å². The van der Waals surface area contributed by atoms with Crippen LogP contribution in [0.5, 0.6) is 0 Å². The summed E-state index contributed by atoms with van der Waals surface area (Å²) >= 11 is -2.01. The molecule has 0 aliphatic rings. The van der Waals surface area contributed by atoms with Gasteiger partial charge in [-0.2, -0.15) is 0 Å². The van der Waals surface area contributed by atoms with Gasteiger partial charge in [-0.3, -0.25) is 0 Å². The average molecular weight is 326 g/mol. The first kappa shape index (κ1) is 15.1. The molecular weight excluding hydrogens is 298 g/mol. The Labute approximate surface area is 98.4 Å². The van der Waals surface area contributed by atoms with Crippen LogP contribution in [0.2, 0.25) is 13.3 Å². The Hall–Kier alpha value is 1.09. The zero-order valence-corrected chi connectivity index (χ0v) is 13.9. The Bertz CT molecular complexity index is 121. The molecule has 0 unspecified atom stereocenters. The molecule has 0 aromatic carbocycles. The molecule has 0 rings (SSSR count). The molecule has 0 spiro atoms. The molecule has 0 saturated heterocycles. The van der Waals surface area contributed by atoms with Gasteiger partial charge < -0.3 is 0 Å². The van der Waals surface area contributed by atoms with Gasteiger partial charge in [-0.25, -0.2) is 0 Å². The number of hydrogen-bond donors (Lipinski definition) is 0. The molecule has 0 atom stereocenters. The third-order valence-electron chi connectivity index (χ3n) is 3.25. The molecule has 0 fully saturated rings. The third-order valence-corrected chi connectivity index (χ3v) is 18.9. The van der Waals surface area contributed by atoms with Gasteiger partial charge in [-0.1, -0.05) is 0 Å². The first-order valence-corrected chi connectivity index (χ1v) is 16.0. The molecule has 86 valence electrons. The van der Waals surface area contributed by atoms with Crippen molar-refractivity contribution in [1.29, 1.82) is 0 Å². The van der Waals surface area contributed by atoms with Crippen molar-refractivity contribution in [2.75, 3.05) is 0 Å². The summed E-state index contributed by atoms with van der Waals surface area (Å²) < 4.78 is 4.05. The van der Waals surface area contributed by atoms with Gasteiger partial charge in [0.05, 0.1) is 0 Å². The van der Waals surface area contributed by atoms with Crippen LogP contribution in [0.15, 0.2) is 0 Å². The van der Waals surface area contributed by atoms with Crippen molar-refractivity contribution < 1.29 is 0 Å². The van der Waals surface area contributed by atoms with Crippen LogP contribution < -0.4 is 0 Å². The van der Waals surface area contributed by atoms with Crippen LogP contribution in [0.25, 0.3) is 0 Å². The van der Waals surface area contributed by atoms with E-state index in [0.29, 0.717) is 0 Å². The van der Waals surface area contributed by atoms with E-state index in [2.05, 4.69) is 20.8 Å². The number of halogens is 1. The quantitative estimate of drug-likeness (QED) is 0.384. The van der Waals surface area contributed by atoms with Gasteiger partial charge in [0.25, 0.3) is 0 Å². The Morgan fingerprint density at radius 2 is 1.29 bits per heavy atom. The van der Waals surface area contributed by atoms with Gasteiger partial charge in [0.2, 0.25) is 0 Å². The minimum atomic E-state index is -2.01. The molecule has 0 bridgehead atoms. The second kappa shape index (κ2) is 9.32. The summed E-state index contributed by atoms with van der Waals surface area (Å²) in [6.07, 6.45) is 8.45. The monoisotopic (exact) mass is 326 g/mol. The van der Waals surface area contributed by atoms with E-state index in [0.717, 1.165) is 0 Å². The topological polar surface area (TPSA) is 0 Å². The first-order chi connectivity index (χ1) is 6.68. The first-order valence-electron chi connectivity index (χ1n) is 6.37. The number of rotatable bonds is 9. The molecule has 0 heterocycles. The normalized spacial score (nSPS) is 12.0. The summed E-state index contributed by atoms with van der Waals surface area (Å²) in [7, 11) is 6.66. The van der Waals surface area contributed by atoms with Crippen molar-refractivity contribution in [2.24, 2.45) is 0 Å². The number of hydrogen-bond acceptors (Lipinski definition) is 0. The van der Waals surface area contributed by atoms with Crippen molar-refractivity contribution in [3.05, 3.63) is 0 Å². The summed E-state index contributed by atoms with van der Waals surface area (Å²) in [5, 5.41) is 0. The van der Waals surface area contributed by atoms with E-state index in [1.165, 1.54) is 51.8 Å². The Morgan fingerprint density at radius 3 is 1.79 bits per heavy atom. The second-order valence-corrected chi connectivity index (χ2v) is 21.8. The summed E-state index contributed by atoms with van der Waals surface area (Å²) in [5.74, 6) is 0. The molecule has 0 aliphatic heterocycles. The zero-order valence-electron chi connectivity index (χ0n) is 10.2. The van der Waals surface area contributed by atoms with Crippen LogP contribution in [0.3, 0.4) is 0 Å². The van der Waals surface area contributed by atoms with Crippen LogP contribution >= 0.6 is 8.92 Å². The van der Waals surface area contributed by atoms with Crippen molar-refractivity contribution in [3.63, 3.8) is 0 Å². The van der Waals surface area contributed by atoms with E-state index in [9.17, 15) is 0 Å². The van der Waals surface area contributed by atoms with Crippen LogP contribution in [0, 0.1) is 0 Å². The van der Waals surface area contributed by atoms with Crippen LogP contribution in [-0.4, -0.2) is 17.3 Å². The Kier molecular flexibility index (Phi) is 10.0.